The third-order valence-electron chi connectivity index (χ3n) is 5.04. The zero-order chi connectivity index (χ0) is 17.5. The molecule has 127 valence electrons. The van der Waals surface area contributed by atoms with Gasteiger partial charge in [-0.3, -0.25) is 0 Å². The molecule has 0 N–H and O–H groups in total. The van der Waals surface area contributed by atoms with E-state index in [1.54, 1.807) is 0 Å². The first kappa shape index (κ1) is 17.8. The molecule has 0 aliphatic heterocycles. The predicted octanol–water partition coefficient (Wildman–Crippen LogP) is 6.87. The molecule has 1 heteroatoms. The molecule has 0 fully saturated rings. The summed E-state index contributed by atoms with van der Waals surface area (Å²) in [4.78, 5) is 0. The summed E-state index contributed by atoms with van der Waals surface area (Å²) in [6, 6.07) is 29.7. The zero-order valence-electron chi connectivity index (χ0n) is 14.5. The molecule has 0 heterocycles. The molecule has 0 aliphatic carbocycles. The quantitative estimate of drug-likeness (QED) is 0.437. The number of rotatable bonds is 7. The Bertz CT molecular complexity index is 779. The monoisotopic (exact) mass is 347 g/mol. The average Bonchev–Trinajstić information content (AvgIpc) is 2.67. The lowest BCUT2D eigenvalue weighted by Crippen LogP contribution is -2.27. The molecule has 1 unspecified atom stereocenters. The molecule has 0 aliphatic rings. The van der Waals surface area contributed by atoms with Crippen LogP contribution in [-0.2, 0) is 11.8 Å². The van der Waals surface area contributed by atoms with Gasteiger partial charge in [0.15, 0.2) is 0 Å². The first-order chi connectivity index (χ1) is 12.2. The second kappa shape index (κ2) is 8.36. The lowest BCUT2D eigenvalue weighted by Gasteiger charge is -2.34. The van der Waals surface area contributed by atoms with Crippen molar-refractivity contribution >= 4 is 11.6 Å². The van der Waals surface area contributed by atoms with Crippen LogP contribution in [0, 0.1) is 6.92 Å². The molecular weight excluding hydrogens is 324 g/mol. The van der Waals surface area contributed by atoms with Gasteiger partial charge in [-0.1, -0.05) is 91.3 Å². The zero-order valence-corrected chi connectivity index (χ0v) is 15.3. The van der Waals surface area contributed by atoms with Crippen molar-refractivity contribution in [3.8, 4) is 0 Å². The molecule has 1 radical (unpaired) electrons. The minimum Gasteiger partial charge on any atom is -0.0843 e. The van der Waals surface area contributed by atoms with Crippen molar-refractivity contribution in [1.29, 1.82) is 0 Å². The summed E-state index contributed by atoms with van der Waals surface area (Å²) in [6.07, 6.45) is 4.05. The van der Waals surface area contributed by atoms with E-state index in [9.17, 15) is 0 Å². The molecule has 0 nitrogen and oxygen atoms in total. The van der Waals surface area contributed by atoms with Crippen LogP contribution in [-0.4, -0.2) is 0 Å². The summed E-state index contributed by atoms with van der Waals surface area (Å²) in [6.45, 7) is 4.32. The molecule has 0 amide bonds. The van der Waals surface area contributed by atoms with E-state index in [2.05, 4.69) is 79.7 Å². The Hall–Kier alpha value is -2.05. The Labute approximate surface area is 156 Å². The van der Waals surface area contributed by atoms with Gasteiger partial charge < -0.3 is 0 Å². The molecule has 1 atom stereocenters. The summed E-state index contributed by atoms with van der Waals surface area (Å²) >= 11 is 6.30. The first-order valence-corrected chi connectivity index (χ1v) is 9.27. The van der Waals surface area contributed by atoms with Crippen LogP contribution in [0.1, 0.15) is 36.0 Å². The van der Waals surface area contributed by atoms with Gasteiger partial charge in [0.1, 0.15) is 0 Å². The van der Waals surface area contributed by atoms with Gasteiger partial charge in [-0.2, -0.15) is 0 Å². The van der Waals surface area contributed by atoms with Gasteiger partial charge in [0, 0.05) is 10.4 Å². The molecule has 0 spiro atoms. The van der Waals surface area contributed by atoms with Gasteiger partial charge >= 0.3 is 0 Å². The van der Waals surface area contributed by atoms with Crippen LogP contribution < -0.4 is 0 Å². The number of hydrogen-bond acceptors (Lipinski definition) is 0. The minimum absolute atomic E-state index is 0.0963. The largest absolute Gasteiger partial charge is 0.0843 e. The topological polar surface area (TPSA) is 0 Å². The van der Waals surface area contributed by atoms with Crippen molar-refractivity contribution in [1.82, 2.24) is 0 Å². The van der Waals surface area contributed by atoms with Crippen molar-refractivity contribution in [2.45, 2.75) is 31.1 Å². The van der Waals surface area contributed by atoms with Crippen LogP contribution in [0.4, 0.5) is 0 Å². The molecule has 0 saturated heterocycles. The summed E-state index contributed by atoms with van der Waals surface area (Å²) < 4.78 is 0. The molecule has 3 aromatic rings. The number of aryl methyl sites for hydroxylation is 1. The normalized spacial score (nSPS) is 13.4. The maximum atomic E-state index is 6.30. The third kappa shape index (κ3) is 4.14. The van der Waals surface area contributed by atoms with Crippen molar-refractivity contribution in [2.24, 2.45) is 0 Å². The van der Waals surface area contributed by atoms with Crippen LogP contribution in [0.15, 0.2) is 84.9 Å². The lowest BCUT2D eigenvalue weighted by atomic mass is 9.69. The molecular formula is C24H24Cl. The highest BCUT2D eigenvalue weighted by Gasteiger charge is 2.32. The van der Waals surface area contributed by atoms with E-state index in [0.29, 0.717) is 0 Å². The standard InChI is InChI=1S/C24H24Cl/c1-2-24(21-14-7-4-8-15-21,22-16-9-17-23(25)19-22)18-10-13-20-11-5-3-6-12-20/h3-9,11-12,14-17,19H,1-2,10,13,18H2. The van der Waals surface area contributed by atoms with Crippen LogP contribution in [0.3, 0.4) is 0 Å². The molecule has 3 rings (SSSR count). The Morgan fingerprint density at radius 2 is 1.40 bits per heavy atom. The summed E-state index contributed by atoms with van der Waals surface area (Å²) in [5, 5.41) is 0.786. The Morgan fingerprint density at radius 1 is 0.760 bits per heavy atom. The van der Waals surface area contributed by atoms with Crippen molar-refractivity contribution in [3.63, 3.8) is 0 Å². The van der Waals surface area contributed by atoms with Gasteiger partial charge in [0.05, 0.1) is 0 Å². The van der Waals surface area contributed by atoms with Gasteiger partial charge in [0.25, 0.3) is 0 Å². The van der Waals surface area contributed by atoms with Crippen LogP contribution in [0.25, 0.3) is 0 Å². The van der Waals surface area contributed by atoms with E-state index in [1.807, 2.05) is 12.1 Å². The Balaban J connectivity index is 1.91. The van der Waals surface area contributed by atoms with Gasteiger partial charge in [-0.05, 0) is 54.5 Å². The van der Waals surface area contributed by atoms with Crippen molar-refractivity contribution < 1.29 is 0 Å². The average molecular weight is 348 g/mol. The Morgan fingerprint density at radius 3 is 2.04 bits per heavy atom. The molecule has 3 aromatic carbocycles. The number of halogens is 1. The summed E-state index contributed by atoms with van der Waals surface area (Å²) in [5.41, 5.74) is 3.87. The van der Waals surface area contributed by atoms with Crippen LogP contribution >= 0.6 is 11.6 Å². The molecule has 0 aromatic heterocycles. The summed E-state index contributed by atoms with van der Waals surface area (Å²) in [5.74, 6) is 0. The maximum Gasteiger partial charge on any atom is 0.0409 e. The van der Waals surface area contributed by atoms with Crippen molar-refractivity contribution in [3.05, 3.63) is 114 Å². The van der Waals surface area contributed by atoms with Crippen LogP contribution in [0.5, 0.6) is 0 Å². The van der Waals surface area contributed by atoms with E-state index in [1.165, 1.54) is 16.7 Å². The van der Waals surface area contributed by atoms with E-state index in [-0.39, 0.29) is 5.41 Å². The predicted molar refractivity (Wildman–Crippen MR) is 108 cm³/mol. The molecule has 0 saturated carbocycles. The SMILES string of the molecule is [CH2]CC(CCCc1ccccc1)(c1ccccc1)c1cccc(Cl)c1. The molecule has 0 bridgehead atoms. The number of hydrogen-bond donors (Lipinski definition) is 0. The maximum absolute atomic E-state index is 6.30. The van der Waals surface area contributed by atoms with E-state index < -0.39 is 0 Å². The lowest BCUT2D eigenvalue weighted by molar-refractivity contribution is 0.458. The minimum atomic E-state index is -0.0963. The highest BCUT2D eigenvalue weighted by atomic mass is 35.5. The van der Waals surface area contributed by atoms with Crippen LogP contribution in [0.2, 0.25) is 5.02 Å². The van der Waals surface area contributed by atoms with E-state index in [0.717, 1.165) is 30.7 Å². The molecule has 25 heavy (non-hydrogen) atoms. The number of benzene rings is 3. The smallest absolute Gasteiger partial charge is 0.0409 e. The van der Waals surface area contributed by atoms with E-state index in [4.69, 9.17) is 11.6 Å². The Kier molecular flexibility index (Phi) is 5.94. The highest BCUT2D eigenvalue weighted by Crippen LogP contribution is 2.40. The van der Waals surface area contributed by atoms with Gasteiger partial charge in [-0.15, -0.1) is 0 Å². The summed E-state index contributed by atoms with van der Waals surface area (Å²) in [7, 11) is 0. The third-order valence-corrected chi connectivity index (χ3v) is 5.28. The second-order valence-corrected chi connectivity index (χ2v) is 6.98. The fourth-order valence-corrected chi connectivity index (χ4v) is 3.84. The van der Waals surface area contributed by atoms with Gasteiger partial charge in [-0.25, -0.2) is 0 Å². The first-order valence-electron chi connectivity index (χ1n) is 8.89. The fraction of sp³-hybridized carbons (Fsp3) is 0.208. The fourth-order valence-electron chi connectivity index (χ4n) is 3.65. The highest BCUT2D eigenvalue weighted by molar-refractivity contribution is 6.30. The second-order valence-electron chi connectivity index (χ2n) is 6.55. The van der Waals surface area contributed by atoms with Crippen molar-refractivity contribution in [2.75, 3.05) is 0 Å². The van der Waals surface area contributed by atoms with Gasteiger partial charge in [0.2, 0.25) is 0 Å². The van der Waals surface area contributed by atoms with E-state index >= 15 is 0 Å².